The van der Waals surface area contributed by atoms with Crippen molar-refractivity contribution >= 4 is 17.7 Å². The molecular weight excluding hydrogens is 260 g/mol. The topological polar surface area (TPSA) is 87.7 Å². The zero-order chi connectivity index (χ0) is 15.1. The second-order valence-electron chi connectivity index (χ2n) is 4.30. The number of nitrogens with one attached hydrogen (secondary N) is 2. The molecule has 0 aromatic heterocycles. The largest absolute Gasteiger partial charge is 0.508 e. The van der Waals surface area contributed by atoms with Crippen LogP contribution in [0.5, 0.6) is 5.75 Å². The van der Waals surface area contributed by atoms with E-state index in [2.05, 4.69) is 17.2 Å². The fraction of sp³-hybridized carbons (Fsp3) is 0.286. The fourth-order valence-corrected chi connectivity index (χ4v) is 1.29. The van der Waals surface area contributed by atoms with Gasteiger partial charge in [0.1, 0.15) is 12.4 Å². The lowest BCUT2D eigenvalue weighted by Gasteiger charge is -2.09. The van der Waals surface area contributed by atoms with Crippen LogP contribution in [0.15, 0.2) is 30.4 Å². The van der Waals surface area contributed by atoms with Gasteiger partial charge in [-0.1, -0.05) is 12.6 Å². The molecular formula is C14H18N2O4. The monoisotopic (exact) mass is 278 g/mol. The van der Waals surface area contributed by atoms with Crippen molar-refractivity contribution in [2.75, 3.05) is 18.5 Å². The summed E-state index contributed by atoms with van der Waals surface area (Å²) >= 11 is 0. The van der Waals surface area contributed by atoms with E-state index in [1.165, 1.54) is 6.07 Å². The highest BCUT2D eigenvalue weighted by Gasteiger charge is 2.05. The van der Waals surface area contributed by atoms with Gasteiger partial charge in [0.25, 0.3) is 0 Å². The molecule has 1 aromatic rings. The first kappa shape index (κ1) is 15.6. The maximum absolute atomic E-state index is 11.5. The number of aryl methyl sites for hydroxylation is 1. The van der Waals surface area contributed by atoms with Crippen molar-refractivity contribution in [1.82, 2.24) is 5.32 Å². The Balaban J connectivity index is 2.31. The molecule has 0 fully saturated rings. The summed E-state index contributed by atoms with van der Waals surface area (Å²) in [6.45, 7) is 7.00. The summed E-state index contributed by atoms with van der Waals surface area (Å²) in [6.07, 6.45) is 0. The zero-order valence-corrected chi connectivity index (χ0v) is 11.5. The average molecular weight is 278 g/mol. The first-order valence-corrected chi connectivity index (χ1v) is 6.07. The molecule has 1 aromatic carbocycles. The first-order chi connectivity index (χ1) is 9.40. The molecule has 0 atom stereocenters. The van der Waals surface area contributed by atoms with Crippen molar-refractivity contribution in [2.24, 2.45) is 0 Å². The van der Waals surface area contributed by atoms with Crippen molar-refractivity contribution in [2.45, 2.75) is 13.8 Å². The van der Waals surface area contributed by atoms with Crippen molar-refractivity contribution in [3.8, 4) is 5.75 Å². The lowest BCUT2D eigenvalue weighted by atomic mass is 10.2. The van der Waals surface area contributed by atoms with Gasteiger partial charge in [-0.3, -0.25) is 0 Å². The quantitative estimate of drug-likeness (QED) is 0.436. The van der Waals surface area contributed by atoms with E-state index >= 15 is 0 Å². The number of benzene rings is 1. The Hall–Kier alpha value is -2.50. The van der Waals surface area contributed by atoms with Gasteiger partial charge in [-0.15, -0.1) is 0 Å². The molecule has 6 nitrogen and oxygen atoms in total. The number of amides is 2. The second kappa shape index (κ2) is 7.18. The van der Waals surface area contributed by atoms with Gasteiger partial charge in [-0.2, -0.15) is 0 Å². The molecule has 0 saturated heterocycles. The van der Waals surface area contributed by atoms with Crippen LogP contribution in [0, 0.1) is 6.92 Å². The van der Waals surface area contributed by atoms with Gasteiger partial charge in [-0.05, 0) is 25.5 Å². The molecule has 0 heterocycles. The highest BCUT2D eigenvalue weighted by Crippen LogP contribution is 2.20. The van der Waals surface area contributed by atoms with Crippen molar-refractivity contribution in [3.63, 3.8) is 0 Å². The normalized spacial score (nSPS) is 9.70. The van der Waals surface area contributed by atoms with Gasteiger partial charge in [0.2, 0.25) is 0 Å². The molecule has 3 N–H and O–H groups in total. The number of phenols is 1. The summed E-state index contributed by atoms with van der Waals surface area (Å²) < 4.78 is 4.82. The van der Waals surface area contributed by atoms with Gasteiger partial charge < -0.3 is 20.5 Å². The van der Waals surface area contributed by atoms with E-state index in [0.717, 1.165) is 5.56 Å². The molecule has 20 heavy (non-hydrogen) atoms. The molecule has 0 bridgehead atoms. The molecule has 6 heteroatoms. The van der Waals surface area contributed by atoms with E-state index in [9.17, 15) is 14.7 Å². The fourth-order valence-electron chi connectivity index (χ4n) is 1.29. The van der Waals surface area contributed by atoms with Gasteiger partial charge in [0.05, 0.1) is 6.54 Å². The van der Waals surface area contributed by atoms with Crippen LogP contribution in [0.3, 0.4) is 0 Å². The molecule has 0 aliphatic rings. The number of aromatic hydroxyl groups is 1. The van der Waals surface area contributed by atoms with Crippen molar-refractivity contribution in [1.29, 1.82) is 0 Å². The number of ether oxygens (including phenoxy) is 1. The standard InChI is InChI=1S/C14H18N2O4/c1-9(2)13(18)20-7-6-15-14(19)16-11-5-4-10(3)12(17)8-11/h4-5,8,17H,1,6-7H2,2-3H3,(H2,15,16,19). The molecule has 1 rings (SSSR count). The second-order valence-corrected chi connectivity index (χ2v) is 4.30. The van der Waals surface area contributed by atoms with Gasteiger partial charge in [-0.25, -0.2) is 9.59 Å². The maximum atomic E-state index is 11.5. The van der Waals surface area contributed by atoms with Crippen LogP contribution in [-0.4, -0.2) is 30.3 Å². The van der Waals surface area contributed by atoms with E-state index in [4.69, 9.17) is 4.74 Å². The van der Waals surface area contributed by atoms with E-state index in [1.54, 1.807) is 26.0 Å². The Bertz CT molecular complexity index is 526. The van der Waals surface area contributed by atoms with Crippen LogP contribution in [0.4, 0.5) is 10.5 Å². The molecule has 0 aliphatic heterocycles. The van der Waals surface area contributed by atoms with Gasteiger partial charge >= 0.3 is 12.0 Å². The van der Waals surface area contributed by atoms with Crippen LogP contribution in [0.1, 0.15) is 12.5 Å². The van der Waals surface area contributed by atoms with Crippen LogP contribution in [-0.2, 0) is 9.53 Å². The molecule has 0 aliphatic carbocycles. The Labute approximate surface area is 117 Å². The number of rotatable bonds is 5. The molecule has 0 saturated carbocycles. The Morgan fingerprint density at radius 2 is 2.10 bits per heavy atom. The van der Waals surface area contributed by atoms with Crippen molar-refractivity contribution < 1.29 is 19.4 Å². The molecule has 0 radical (unpaired) electrons. The van der Waals surface area contributed by atoms with E-state index in [1.807, 2.05) is 0 Å². The third-order valence-corrected chi connectivity index (χ3v) is 2.44. The highest BCUT2D eigenvalue weighted by molar-refractivity contribution is 5.89. The van der Waals surface area contributed by atoms with E-state index in [0.29, 0.717) is 11.3 Å². The minimum absolute atomic E-state index is 0.0677. The third kappa shape index (κ3) is 5.01. The summed E-state index contributed by atoms with van der Waals surface area (Å²) in [5.74, 6) is -0.381. The number of anilines is 1. The number of urea groups is 1. The van der Waals surface area contributed by atoms with Gasteiger partial charge in [0, 0.05) is 17.3 Å². The van der Waals surface area contributed by atoms with Crippen LogP contribution >= 0.6 is 0 Å². The number of hydrogen-bond acceptors (Lipinski definition) is 4. The van der Waals surface area contributed by atoms with E-state index in [-0.39, 0.29) is 18.9 Å². The molecule has 0 spiro atoms. The maximum Gasteiger partial charge on any atom is 0.333 e. The summed E-state index contributed by atoms with van der Waals surface area (Å²) in [4.78, 5) is 22.6. The third-order valence-electron chi connectivity index (χ3n) is 2.44. The predicted molar refractivity (Wildman–Crippen MR) is 75.6 cm³/mol. The summed E-state index contributed by atoms with van der Waals surface area (Å²) in [5.41, 5.74) is 1.51. The number of phenolic OH excluding ortho intramolecular Hbond substituents is 1. The molecule has 0 unspecified atom stereocenters. The zero-order valence-electron chi connectivity index (χ0n) is 11.5. The summed E-state index contributed by atoms with van der Waals surface area (Å²) in [7, 11) is 0. The molecule has 108 valence electrons. The van der Waals surface area contributed by atoms with Crippen LogP contribution < -0.4 is 10.6 Å². The average Bonchev–Trinajstić information content (AvgIpc) is 2.38. The molecule has 2 amide bonds. The highest BCUT2D eigenvalue weighted by atomic mass is 16.5. The SMILES string of the molecule is C=C(C)C(=O)OCCNC(=O)Nc1ccc(C)c(O)c1. The first-order valence-electron chi connectivity index (χ1n) is 6.07. The lowest BCUT2D eigenvalue weighted by Crippen LogP contribution is -2.32. The number of esters is 1. The van der Waals surface area contributed by atoms with Crippen molar-refractivity contribution in [3.05, 3.63) is 35.9 Å². The minimum Gasteiger partial charge on any atom is -0.508 e. The smallest absolute Gasteiger partial charge is 0.333 e. The predicted octanol–water partition coefficient (Wildman–Crippen LogP) is 1.94. The summed E-state index contributed by atoms with van der Waals surface area (Å²) in [5, 5.41) is 14.6. The van der Waals surface area contributed by atoms with E-state index < -0.39 is 12.0 Å². The van der Waals surface area contributed by atoms with Crippen LogP contribution in [0.25, 0.3) is 0 Å². The Morgan fingerprint density at radius 1 is 1.40 bits per heavy atom. The Morgan fingerprint density at radius 3 is 2.70 bits per heavy atom. The number of hydrogen-bond donors (Lipinski definition) is 3. The number of carbonyl (C=O) groups excluding carboxylic acids is 2. The van der Waals surface area contributed by atoms with Gasteiger partial charge in [0.15, 0.2) is 0 Å². The Kier molecular flexibility index (Phi) is 5.58. The minimum atomic E-state index is -0.490. The summed E-state index contributed by atoms with van der Waals surface area (Å²) in [6, 6.07) is 4.38. The van der Waals surface area contributed by atoms with Crippen LogP contribution in [0.2, 0.25) is 0 Å². The number of carbonyl (C=O) groups is 2. The lowest BCUT2D eigenvalue weighted by molar-refractivity contribution is -0.138.